The molecule has 0 spiro atoms. The maximum Gasteiger partial charge on any atom is 0.239 e. The summed E-state index contributed by atoms with van der Waals surface area (Å²) in [5.74, 6) is 0.262. The van der Waals surface area contributed by atoms with E-state index in [1.54, 1.807) is 0 Å². The number of amides is 1. The molecule has 0 aromatic heterocycles. The molecule has 0 bridgehead atoms. The molecule has 0 radical (unpaired) electrons. The SMILES string of the molecule is CC(C(=O)N1CCN(c2ccccc2)CC1)N1CCCN(Cc2ccc(C#N)cc2)CC1. The lowest BCUT2D eigenvalue weighted by Gasteiger charge is -2.39. The second-order valence-corrected chi connectivity index (χ2v) is 8.80. The lowest BCUT2D eigenvalue weighted by molar-refractivity contribution is -0.136. The Bertz CT molecular complexity index is 915. The molecule has 168 valence electrons. The fourth-order valence-corrected chi connectivity index (χ4v) is 4.72. The first-order valence-electron chi connectivity index (χ1n) is 11.7. The minimum absolute atomic E-state index is 0.0758. The molecule has 1 unspecified atom stereocenters. The maximum absolute atomic E-state index is 13.2. The van der Waals surface area contributed by atoms with Crippen molar-refractivity contribution >= 4 is 11.6 Å². The Morgan fingerprint density at radius 3 is 2.31 bits per heavy atom. The van der Waals surface area contributed by atoms with Crippen molar-refractivity contribution in [3.05, 3.63) is 65.7 Å². The molecule has 2 aliphatic heterocycles. The van der Waals surface area contributed by atoms with Gasteiger partial charge in [0.2, 0.25) is 5.91 Å². The first kappa shape index (κ1) is 22.3. The number of nitriles is 1. The summed E-state index contributed by atoms with van der Waals surface area (Å²) >= 11 is 0. The molecule has 4 rings (SSSR count). The first-order valence-corrected chi connectivity index (χ1v) is 11.7. The highest BCUT2D eigenvalue weighted by Gasteiger charge is 2.29. The van der Waals surface area contributed by atoms with Gasteiger partial charge in [0.25, 0.3) is 0 Å². The summed E-state index contributed by atoms with van der Waals surface area (Å²) in [6.07, 6.45) is 1.07. The molecule has 2 aromatic carbocycles. The standard InChI is InChI=1S/C26H33N5O/c1-22(26(32)31-18-16-30(17-19-31)25-6-3-2-4-7-25)29-13-5-12-28(14-15-29)21-24-10-8-23(20-27)9-11-24/h2-4,6-11,22H,5,12-19,21H2,1H3. The number of carbonyl (C=O) groups excluding carboxylic acids is 1. The van der Waals surface area contributed by atoms with Crippen molar-refractivity contribution in [2.75, 3.05) is 57.3 Å². The monoisotopic (exact) mass is 431 g/mol. The number of rotatable bonds is 5. The van der Waals surface area contributed by atoms with Gasteiger partial charge in [0.15, 0.2) is 0 Å². The van der Waals surface area contributed by atoms with Crippen molar-refractivity contribution in [3.8, 4) is 6.07 Å². The van der Waals surface area contributed by atoms with Crippen molar-refractivity contribution in [3.63, 3.8) is 0 Å². The van der Waals surface area contributed by atoms with E-state index in [1.807, 2.05) is 35.2 Å². The van der Waals surface area contributed by atoms with E-state index in [4.69, 9.17) is 5.26 Å². The number of carbonyl (C=O) groups is 1. The second kappa shape index (κ2) is 10.6. The highest BCUT2D eigenvalue weighted by molar-refractivity contribution is 5.81. The molecule has 2 aromatic rings. The van der Waals surface area contributed by atoms with Gasteiger partial charge in [0, 0.05) is 58.0 Å². The highest BCUT2D eigenvalue weighted by Crippen LogP contribution is 2.18. The molecule has 1 amide bonds. The average Bonchev–Trinajstić information content (AvgIpc) is 3.10. The van der Waals surface area contributed by atoms with Gasteiger partial charge in [0.1, 0.15) is 0 Å². The van der Waals surface area contributed by atoms with E-state index in [2.05, 4.69) is 52.0 Å². The van der Waals surface area contributed by atoms with Crippen LogP contribution in [-0.4, -0.2) is 79.0 Å². The molecular weight excluding hydrogens is 398 g/mol. The number of piperazine rings is 1. The average molecular weight is 432 g/mol. The zero-order valence-corrected chi connectivity index (χ0v) is 19.0. The van der Waals surface area contributed by atoms with Gasteiger partial charge in [-0.25, -0.2) is 0 Å². The Kier molecular flexibility index (Phi) is 7.41. The van der Waals surface area contributed by atoms with Crippen LogP contribution in [0.15, 0.2) is 54.6 Å². The van der Waals surface area contributed by atoms with Crippen LogP contribution in [0.5, 0.6) is 0 Å². The normalized spacial score (nSPS) is 19.2. The highest BCUT2D eigenvalue weighted by atomic mass is 16.2. The molecule has 1 atom stereocenters. The Labute approximate surface area is 191 Å². The number of nitrogens with zero attached hydrogens (tertiary/aromatic N) is 5. The largest absolute Gasteiger partial charge is 0.368 e. The predicted molar refractivity (Wildman–Crippen MR) is 127 cm³/mol. The van der Waals surface area contributed by atoms with E-state index >= 15 is 0 Å². The van der Waals surface area contributed by atoms with Gasteiger partial charge < -0.3 is 9.80 Å². The third kappa shape index (κ3) is 5.48. The first-order chi connectivity index (χ1) is 15.6. The van der Waals surface area contributed by atoms with Gasteiger partial charge in [-0.1, -0.05) is 30.3 Å². The maximum atomic E-state index is 13.2. The van der Waals surface area contributed by atoms with Crippen LogP contribution in [0.3, 0.4) is 0 Å². The molecule has 0 aliphatic carbocycles. The van der Waals surface area contributed by atoms with Crippen LogP contribution in [0.1, 0.15) is 24.5 Å². The Balaban J connectivity index is 1.26. The smallest absolute Gasteiger partial charge is 0.239 e. The molecule has 2 saturated heterocycles. The molecule has 0 N–H and O–H groups in total. The molecule has 6 heteroatoms. The molecule has 2 heterocycles. The number of para-hydroxylation sites is 1. The fraction of sp³-hybridized carbons (Fsp3) is 0.462. The minimum atomic E-state index is -0.0758. The number of hydrogen-bond donors (Lipinski definition) is 0. The van der Waals surface area contributed by atoms with Crippen molar-refractivity contribution in [2.24, 2.45) is 0 Å². The lowest BCUT2D eigenvalue weighted by atomic mass is 10.1. The number of hydrogen-bond acceptors (Lipinski definition) is 5. The summed E-state index contributed by atoms with van der Waals surface area (Å²) in [4.78, 5) is 22.4. The zero-order chi connectivity index (χ0) is 22.3. The third-order valence-corrected chi connectivity index (χ3v) is 6.73. The quantitative estimate of drug-likeness (QED) is 0.729. The van der Waals surface area contributed by atoms with Crippen LogP contribution in [0, 0.1) is 11.3 Å². The summed E-state index contributed by atoms with van der Waals surface area (Å²) in [6.45, 7) is 10.2. The fourth-order valence-electron chi connectivity index (χ4n) is 4.72. The summed E-state index contributed by atoms with van der Waals surface area (Å²) in [6, 6.07) is 20.4. The molecule has 2 aliphatic rings. The van der Waals surface area contributed by atoms with E-state index in [1.165, 1.54) is 11.3 Å². The third-order valence-electron chi connectivity index (χ3n) is 6.73. The molecular formula is C26H33N5O. The van der Waals surface area contributed by atoms with Gasteiger partial charge in [-0.05, 0) is 49.7 Å². The van der Waals surface area contributed by atoms with Crippen LogP contribution >= 0.6 is 0 Å². The van der Waals surface area contributed by atoms with E-state index < -0.39 is 0 Å². The second-order valence-electron chi connectivity index (χ2n) is 8.80. The number of benzene rings is 2. The van der Waals surface area contributed by atoms with Gasteiger partial charge in [-0.2, -0.15) is 5.26 Å². The van der Waals surface area contributed by atoms with Crippen LogP contribution in [0.25, 0.3) is 0 Å². The minimum Gasteiger partial charge on any atom is -0.368 e. The zero-order valence-electron chi connectivity index (χ0n) is 19.0. The van der Waals surface area contributed by atoms with Gasteiger partial charge in [-0.15, -0.1) is 0 Å². The Hall–Kier alpha value is -2.88. The Morgan fingerprint density at radius 1 is 0.906 bits per heavy atom. The Morgan fingerprint density at radius 2 is 1.62 bits per heavy atom. The summed E-state index contributed by atoms with van der Waals surface area (Å²) in [5.41, 5.74) is 3.17. The van der Waals surface area contributed by atoms with E-state index in [0.717, 1.165) is 65.3 Å². The van der Waals surface area contributed by atoms with Crippen LogP contribution in [-0.2, 0) is 11.3 Å². The van der Waals surface area contributed by atoms with Crippen molar-refractivity contribution in [1.29, 1.82) is 5.26 Å². The summed E-state index contributed by atoms with van der Waals surface area (Å²) in [7, 11) is 0. The van der Waals surface area contributed by atoms with Crippen molar-refractivity contribution in [2.45, 2.75) is 25.9 Å². The molecule has 6 nitrogen and oxygen atoms in total. The summed E-state index contributed by atoms with van der Waals surface area (Å²) in [5, 5.41) is 8.97. The van der Waals surface area contributed by atoms with Crippen LogP contribution in [0.2, 0.25) is 0 Å². The lowest BCUT2D eigenvalue weighted by Crippen LogP contribution is -2.54. The molecule has 0 saturated carbocycles. The van der Waals surface area contributed by atoms with Crippen LogP contribution < -0.4 is 4.90 Å². The van der Waals surface area contributed by atoms with Gasteiger partial charge in [0.05, 0.1) is 17.7 Å². The van der Waals surface area contributed by atoms with Crippen molar-refractivity contribution < 1.29 is 4.79 Å². The van der Waals surface area contributed by atoms with Gasteiger partial charge in [-0.3, -0.25) is 14.6 Å². The van der Waals surface area contributed by atoms with E-state index in [-0.39, 0.29) is 11.9 Å². The van der Waals surface area contributed by atoms with E-state index in [0.29, 0.717) is 5.56 Å². The van der Waals surface area contributed by atoms with Crippen molar-refractivity contribution in [1.82, 2.24) is 14.7 Å². The molecule has 2 fully saturated rings. The van der Waals surface area contributed by atoms with Crippen LogP contribution in [0.4, 0.5) is 5.69 Å². The predicted octanol–water partition coefficient (Wildman–Crippen LogP) is 2.80. The van der Waals surface area contributed by atoms with E-state index in [9.17, 15) is 4.79 Å². The number of anilines is 1. The summed E-state index contributed by atoms with van der Waals surface area (Å²) < 4.78 is 0. The van der Waals surface area contributed by atoms with Gasteiger partial charge >= 0.3 is 0 Å². The molecule has 32 heavy (non-hydrogen) atoms. The topological polar surface area (TPSA) is 53.8 Å².